The van der Waals surface area contributed by atoms with Crippen molar-refractivity contribution in [3.63, 3.8) is 0 Å². The molecule has 2 nitrogen and oxygen atoms in total. The van der Waals surface area contributed by atoms with Crippen molar-refractivity contribution >= 4 is 27.6 Å². The largest absolute Gasteiger partial charge is 1.00 e. The van der Waals surface area contributed by atoms with Crippen LogP contribution in [0, 0.1) is 0 Å². The summed E-state index contributed by atoms with van der Waals surface area (Å²) in [7, 11) is 3.52. The Morgan fingerprint density at radius 2 is 2.00 bits per heavy atom. The maximum Gasteiger partial charge on any atom is -1.00 e. The SMILES string of the molecule is CN(C)C(=O)[CH2][Mg+].[Br-]. The predicted molar refractivity (Wildman–Crippen MR) is 29.3 cm³/mol. The zero-order valence-electron chi connectivity index (χ0n) is 5.15. The fourth-order valence-corrected chi connectivity index (χ4v) is 0.671. The summed E-state index contributed by atoms with van der Waals surface area (Å²) in [4.78, 5) is 12.0. The topological polar surface area (TPSA) is 20.3 Å². The average Bonchev–Trinajstić information content (AvgIpc) is 1.65. The Labute approximate surface area is 72.8 Å². The number of carbonyl (C=O) groups is 1. The quantitative estimate of drug-likeness (QED) is 0.396. The second-order valence-corrected chi connectivity index (χ2v) is 2.04. The third-order valence-corrected chi connectivity index (χ3v) is 1.14. The fourth-order valence-electron chi connectivity index (χ4n) is 0.224. The molecule has 0 aliphatic rings. The molecule has 0 fully saturated rings. The number of carbonyl (C=O) groups excluding carboxylic acids is 1. The van der Waals surface area contributed by atoms with E-state index in [1.807, 2.05) is 0 Å². The molecule has 0 saturated carbocycles. The van der Waals surface area contributed by atoms with Crippen LogP contribution in [-0.4, -0.2) is 46.6 Å². The molecule has 0 radical (unpaired) electrons. The van der Waals surface area contributed by atoms with Crippen molar-refractivity contribution in [3.05, 3.63) is 0 Å². The molecule has 4 heteroatoms. The minimum atomic E-state index is 0. The van der Waals surface area contributed by atoms with E-state index in [2.05, 4.69) is 0 Å². The predicted octanol–water partition coefficient (Wildman–Crippen LogP) is -3.33. The number of amides is 1. The molecule has 0 saturated heterocycles. The average molecular weight is 190 g/mol. The molecule has 0 aromatic carbocycles. The number of rotatable bonds is 1. The van der Waals surface area contributed by atoms with Crippen LogP contribution in [0.25, 0.3) is 0 Å². The Morgan fingerprint density at radius 1 is 1.62 bits per heavy atom. The molecule has 0 aromatic heterocycles. The summed E-state index contributed by atoms with van der Waals surface area (Å²) < 4.78 is 0.632. The van der Waals surface area contributed by atoms with Crippen molar-refractivity contribution in [2.75, 3.05) is 14.1 Å². The van der Waals surface area contributed by atoms with E-state index in [1.54, 1.807) is 40.7 Å². The Morgan fingerprint density at radius 3 is 2.00 bits per heavy atom. The van der Waals surface area contributed by atoms with Crippen molar-refractivity contribution in [3.8, 4) is 0 Å². The van der Waals surface area contributed by atoms with Gasteiger partial charge in [0.15, 0.2) is 0 Å². The molecule has 0 spiro atoms. The van der Waals surface area contributed by atoms with E-state index in [9.17, 15) is 4.79 Å². The van der Waals surface area contributed by atoms with E-state index in [-0.39, 0.29) is 22.9 Å². The minimum absolute atomic E-state index is 0. The number of nitrogens with zero attached hydrogens (tertiary/aromatic N) is 1. The van der Waals surface area contributed by atoms with Gasteiger partial charge in [-0.15, -0.1) is 0 Å². The summed E-state index contributed by atoms with van der Waals surface area (Å²) >= 11 is 1.68. The van der Waals surface area contributed by atoms with Crippen LogP contribution < -0.4 is 17.0 Å². The van der Waals surface area contributed by atoms with E-state index >= 15 is 0 Å². The summed E-state index contributed by atoms with van der Waals surface area (Å²) in [6, 6.07) is 0. The van der Waals surface area contributed by atoms with Crippen LogP contribution in [0.15, 0.2) is 0 Å². The van der Waals surface area contributed by atoms with Crippen LogP contribution >= 0.6 is 0 Å². The fraction of sp³-hybridized carbons (Fsp3) is 0.750. The maximum atomic E-state index is 10.4. The zero-order chi connectivity index (χ0) is 5.86. The molecule has 0 heterocycles. The van der Waals surface area contributed by atoms with Crippen molar-refractivity contribution in [2.24, 2.45) is 0 Å². The van der Waals surface area contributed by atoms with E-state index in [0.29, 0.717) is 4.55 Å². The molecule has 44 valence electrons. The van der Waals surface area contributed by atoms with Crippen LogP contribution in [-0.2, 0) is 4.79 Å². The standard InChI is InChI=1S/C4H8NO.BrH.Mg/c1-4(6)5(2)3;;/h1H2,2-3H3;1H;/q;;+1/p-1. The first kappa shape index (κ1) is 11.5. The first-order valence-corrected chi connectivity index (χ1v) is 3.18. The summed E-state index contributed by atoms with van der Waals surface area (Å²) in [5.41, 5.74) is 0. The summed E-state index contributed by atoms with van der Waals surface area (Å²) in [6.45, 7) is 0. The molecule has 0 atom stereocenters. The summed E-state index contributed by atoms with van der Waals surface area (Å²) in [5.74, 6) is 0.193. The van der Waals surface area contributed by atoms with Gasteiger partial charge >= 0.3 is 56.0 Å². The Balaban J connectivity index is 0. The monoisotopic (exact) mass is 189 g/mol. The van der Waals surface area contributed by atoms with E-state index in [4.69, 9.17) is 0 Å². The van der Waals surface area contributed by atoms with Crippen molar-refractivity contribution in [1.29, 1.82) is 0 Å². The normalized spacial score (nSPS) is 7.50. The third kappa shape index (κ3) is 4.87. The Bertz CT molecular complexity index is 76.4. The van der Waals surface area contributed by atoms with Gasteiger partial charge in [-0.25, -0.2) is 0 Å². The van der Waals surface area contributed by atoms with Gasteiger partial charge in [0.05, 0.1) is 0 Å². The molecule has 0 aromatic rings. The van der Waals surface area contributed by atoms with Crippen LogP contribution in [0.1, 0.15) is 0 Å². The van der Waals surface area contributed by atoms with Gasteiger partial charge in [0.2, 0.25) is 0 Å². The van der Waals surface area contributed by atoms with Gasteiger partial charge in [-0.2, -0.15) is 0 Å². The van der Waals surface area contributed by atoms with Gasteiger partial charge in [-0.05, 0) is 0 Å². The van der Waals surface area contributed by atoms with Gasteiger partial charge in [0, 0.05) is 0 Å². The Hall–Kier alpha value is 0.716. The maximum absolute atomic E-state index is 10.4. The van der Waals surface area contributed by atoms with Crippen LogP contribution in [0.2, 0.25) is 4.55 Å². The van der Waals surface area contributed by atoms with Crippen molar-refractivity contribution in [1.82, 2.24) is 4.90 Å². The molecule has 0 N–H and O–H groups in total. The first-order chi connectivity index (χ1) is 3.18. The second-order valence-electron chi connectivity index (χ2n) is 1.54. The van der Waals surface area contributed by atoms with E-state index in [1.165, 1.54) is 0 Å². The van der Waals surface area contributed by atoms with Gasteiger partial charge < -0.3 is 17.0 Å². The van der Waals surface area contributed by atoms with Crippen molar-refractivity contribution < 1.29 is 21.8 Å². The second kappa shape index (κ2) is 5.85. The molecule has 8 heavy (non-hydrogen) atoms. The Kier molecular flexibility index (Phi) is 8.41. The molecule has 0 aliphatic carbocycles. The van der Waals surface area contributed by atoms with Gasteiger partial charge in [-0.3, -0.25) is 0 Å². The van der Waals surface area contributed by atoms with Gasteiger partial charge in [-0.1, -0.05) is 0 Å². The van der Waals surface area contributed by atoms with Gasteiger partial charge in [0.25, 0.3) is 0 Å². The van der Waals surface area contributed by atoms with Gasteiger partial charge in [0.1, 0.15) is 0 Å². The molecule has 0 unspecified atom stereocenters. The summed E-state index contributed by atoms with van der Waals surface area (Å²) in [6.07, 6.45) is 0. The van der Waals surface area contributed by atoms with E-state index in [0.717, 1.165) is 0 Å². The smallest absolute Gasteiger partial charge is 1.00 e. The van der Waals surface area contributed by atoms with Crippen molar-refractivity contribution in [2.45, 2.75) is 4.55 Å². The zero-order valence-corrected chi connectivity index (χ0v) is 8.15. The van der Waals surface area contributed by atoms with E-state index < -0.39 is 0 Å². The van der Waals surface area contributed by atoms with Crippen LogP contribution in [0.3, 0.4) is 0 Å². The molecular weight excluding hydrogens is 182 g/mol. The molecule has 0 aliphatic heterocycles. The first-order valence-electron chi connectivity index (χ1n) is 2.18. The third-order valence-electron chi connectivity index (χ3n) is 0.713. The molecular formula is C4H8BrMgNO. The number of hydrogen-bond donors (Lipinski definition) is 0. The minimum Gasteiger partial charge on any atom is -1.00 e. The number of hydrogen-bond acceptors (Lipinski definition) is 1. The molecule has 1 amide bonds. The van der Waals surface area contributed by atoms with Crippen LogP contribution in [0.5, 0.6) is 0 Å². The molecule has 0 bridgehead atoms. The summed E-state index contributed by atoms with van der Waals surface area (Å²) in [5, 5.41) is 0. The van der Waals surface area contributed by atoms with Crippen LogP contribution in [0.4, 0.5) is 0 Å². The number of halogens is 1. The molecule has 0 rings (SSSR count).